The molecule has 1 aliphatic rings. The molecule has 5 heteroatoms. The van der Waals surface area contributed by atoms with Crippen LogP contribution in [0.25, 0.3) is 10.8 Å². The Bertz CT molecular complexity index is 1080. The Hall–Kier alpha value is -3.47. The fourth-order valence-electron chi connectivity index (χ4n) is 3.62. The summed E-state index contributed by atoms with van der Waals surface area (Å²) in [4.78, 5) is 38.9. The fourth-order valence-corrected chi connectivity index (χ4v) is 3.62. The second-order valence-corrected chi connectivity index (χ2v) is 7.30. The molecule has 1 aliphatic heterocycles. The van der Waals surface area contributed by atoms with Crippen molar-refractivity contribution in [2.45, 2.75) is 13.3 Å². The van der Waals surface area contributed by atoms with Gasteiger partial charge in [-0.3, -0.25) is 14.4 Å². The van der Waals surface area contributed by atoms with Crippen molar-refractivity contribution in [3.8, 4) is 0 Å². The summed E-state index contributed by atoms with van der Waals surface area (Å²) in [5.74, 6) is -1.46. The maximum absolute atomic E-state index is 12.6. The summed E-state index contributed by atoms with van der Waals surface area (Å²) in [5.41, 5.74) is 2.35. The lowest BCUT2D eigenvalue weighted by Crippen LogP contribution is -2.27. The summed E-state index contributed by atoms with van der Waals surface area (Å²) < 4.78 is 5.23. The summed E-state index contributed by atoms with van der Waals surface area (Å²) in [6, 6.07) is 20.7. The highest BCUT2D eigenvalue weighted by Crippen LogP contribution is 2.32. The first-order valence-electron chi connectivity index (χ1n) is 9.57. The van der Waals surface area contributed by atoms with Crippen molar-refractivity contribution < 1.29 is 19.1 Å². The molecule has 0 aromatic heterocycles. The van der Waals surface area contributed by atoms with E-state index in [-0.39, 0.29) is 31.3 Å². The Balaban J connectivity index is 1.43. The van der Waals surface area contributed by atoms with Crippen LogP contribution in [0.3, 0.4) is 0 Å². The van der Waals surface area contributed by atoms with Gasteiger partial charge in [-0.15, -0.1) is 0 Å². The van der Waals surface area contributed by atoms with E-state index in [4.69, 9.17) is 4.74 Å². The number of carbonyl (C=O) groups is 3. The molecule has 0 unspecified atom stereocenters. The third-order valence-corrected chi connectivity index (χ3v) is 5.23. The van der Waals surface area contributed by atoms with E-state index in [1.807, 2.05) is 61.5 Å². The Morgan fingerprint density at radius 3 is 2.52 bits per heavy atom. The van der Waals surface area contributed by atoms with E-state index in [0.29, 0.717) is 5.56 Å². The first-order valence-corrected chi connectivity index (χ1v) is 9.57. The number of Topliss-reactive ketones (excluding diaryl/α,β-unsaturated/α-hetero) is 1. The van der Waals surface area contributed by atoms with Gasteiger partial charge in [-0.1, -0.05) is 66.2 Å². The smallest absolute Gasteiger partial charge is 0.311 e. The molecule has 0 aliphatic carbocycles. The normalized spacial score (nSPS) is 16.2. The molecule has 0 radical (unpaired) electrons. The van der Waals surface area contributed by atoms with Crippen molar-refractivity contribution in [3.63, 3.8) is 0 Å². The first kappa shape index (κ1) is 18.9. The topological polar surface area (TPSA) is 63.7 Å². The minimum Gasteiger partial charge on any atom is -0.457 e. The number of hydrogen-bond donors (Lipinski definition) is 0. The number of amides is 1. The summed E-state index contributed by atoms with van der Waals surface area (Å²) >= 11 is 0. The number of rotatable bonds is 5. The second kappa shape index (κ2) is 7.87. The Labute approximate surface area is 168 Å². The van der Waals surface area contributed by atoms with Gasteiger partial charge >= 0.3 is 5.97 Å². The SMILES string of the molecule is Cc1ccc(C(=O)COC(=O)[C@H]2CC(=O)N(c3cccc4ccccc34)C2)cc1. The molecule has 5 nitrogen and oxygen atoms in total. The number of hydrogen-bond acceptors (Lipinski definition) is 4. The fraction of sp³-hybridized carbons (Fsp3) is 0.208. The molecule has 0 bridgehead atoms. The summed E-state index contributed by atoms with van der Waals surface area (Å²) in [6.07, 6.45) is 0.0841. The maximum Gasteiger partial charge on any atom is 0.311 e. The molecule has 1 fully saturated rings. The summed E-state index contributed by atoms with van der Waals surface area (Å²) in [6.45, 7) is 1.87. The Kier molecular flexibility index (Phi) is 5.12. The van der Waals surface area contributed by atoms with E-state index in [0.717, 1.165) is 22.0 Å². The minimum absolute atomic E-state index is 0.0841. The molecule has 0 spiro atoms. The summed E-state index contributed by atoms with van der Waals surface area (Å²) in [7, 11) is 0. The lowest BCUT2D eigenvalue weighted by Gasteiger charge is -2.18. The number of esters is 1. The Morgan fingerprint density at radius 2 is 1.72 bits per heavy atom. The van der Waals surface area contributed by atoms with Crippen molar-refractivity contribution in [1.29, 1.82) is 0 Å². The molecule has 1 atom stereocenters. The van der Waals surface area contributed by atoms with Gasteiger partial charge in [0.25, 0.3) is 0 Å². The van der Waals surface area contributed by atoms with Crippen LogP contribution >= 0.6 is 0 Å². The molecule has 3 aromatic carbocycles. The van der Waals surface area contributed by atoms with Gasteiger partial charge in [-0.2, -0.15) is 0 Å². The van der Waals surface area contributed by atoms with Crippen LogP contribution in [-0.2, 0) is 14.3 Å². The molecule has 4 rings (SSSR count). The van der Waals surface area contributed by atoms with Gasteiger partial charge in [-0.05, 0) is 18.4 Å². The quantitative estimate of drug-likeness (QED) is 0.492. The second-order valence-electron chi connectivity index (χ2n) is 7.30. The molecular formula is C24H21NO4. The minimum atomic E-state index is -0.577. The van der Waals surface area contributed by atoms with Crippen molar-refractivity contribution >= 4 is 34.1 Å². The maximum atomic E-state index is 12.6. The number of ketones is 1. The van der Waals surface area contributed by atoms with Crippen molar-refractivity contribution in [3.05, 3.63) is 77.9 Å². The zero-order valence-electron chi connectivity index (χ0n) is 16.1. The van der Waals surface area contributed by atoms with Gasteiger partial charge in [0, 0.05) is 23.9 Å². The Morgan fingerprint density at radius 1 is 1.00 bits per heavy atom. The molecule has 1 heterocycles. The largest absolute Gasteiger partial charge is 0.457 e. The van der Waals surface area contributed by atoms with Gasteiger partial charge in [0.2, 0.25) is 5.91 Å². The third-order valence-electron chi connectivity index (χ3n) is 5.23. The van der Waals surface area contributed by atoms with Gasteiger partial charge in [0.05, 0.1) is 11.6 Å². The monoisotopic (exact) mass is 387 g/mol. The first-order chi connectivity index (χ1) is 14.0. The number of fused-ring (bicyclic) bond motifs is 1. The standard InChI is InChI=1S/C24H21NO4/c1-16-9-11-18(12-10-16)22(26)15-29-24(28)19-13-23(27)25(14-19)21-8-4-6-17-5-2-3-7-20(17)21/h2-12,19H,13-15H2,1H3/t19-/m0/s1. The number of carbonyl (C=O) groups excluding carboxylic acids is 3. The highest BCUT2D eigenvalue weighted by Gasteiger charge is 2.36. The predicted octanol–water partition coefficient (Wildman–Crippen LogP) is 3.93. The zero-order chi connectivity index (χ0) is 20.4. The predicted molar refractivity (Wildman–Crippen MR) is 111 cm³/mol. The molecule has 1 saturated heterocycles. The van der Waals surface area contributed by atoms with E-state index < -0.39 is 11.9 Å². The van der Waals surface area contributed by atoms with Crippen LogP contribution in [0, 0.1) is 12.8 Å². The van der Waals surface area contributed by atoms with E-state index in [1.54, 1.807) is 17.0 Å². The molecule has 0 N–H and O–H groups in total. The number of aryl methyl sites for hydroxylation is 1. The van der Waals surface area contributed by atoms with Crippen LogP contribution in [0.4, 0.5) is 5.69 Å². The third kappa shape index (κ3) is 3.90. The van der Waals surface area contributed by atoms with Crippen LogP contribution in [0.2, 0.25) is 0 Å². The van der Waals surface area contributed by atoms with E-state index in [2.05, 4.69) is 0 Å². The molecule has 0 saturated carbocycles. The average Bonchev–Trinajstić information content (AvgIpc) is 3.13. The van der Waals surface area contributed by atoms with Gasteiger partial charge in [-0.25, -0.2) is 0 Å². The highest BCUT2D eigenvalue weighted by molar-refractivity contribution is 6.06. The number of ether oxygens (including phenoxy) is 1. The van der Waals surface area contributed by atoms with Crippen LogP contribution < -0.4 is 4.90 Å². The van der Waals surface area contributed by atoms with Gasteiger partial charge < -0.3 is 9.64 Å². The number of anilines is 1. The zero-order valence-corrected chi connectivity index (χ0v) is 16.1. The van der Waals surface area contributed by atoms with Crippen LogP contribution in [0.5, 0.6) is 0 Å². The molecule has 3 aromatic rings. The lowest BCUT2D eigenvalue weighted by atomic mass is 10.1. The molecular weight excluding hydrogens is 366 g/mol. The number of nitrogens with zero attached hydrogens (tertiary/aromatic N) is 1. The molecule has 29 heavy (non-hydrogen) atoms. The van der Waals surface area contributed by atoms with Crippen molar-refractivity contribution in [2.24, 2.45) is 5.92 Å². The van der Waals surface area contributed by atoms with Crippen molar-refractivity contribution in [1.82, 2.24) is 0 Å². The van der Waals surface area contributed by atoms with Crippen LogP contribution in [-0.4, -0.2) is 30.8 Å². The van der Waals surface area contributed by atoms with E-state index in [1.165, 1.54) is 0 Å². The lowest BCUT2D eigenvalue weighted by molar-refractivity contribution is -0.147. The van der Waals surface area contributed by atoms with Gasteiger partial charge in [0.1, 0.15) is 0 Å². The van der Waals surface area contributed by atoms with E-state index >= 15 is 0 Å². The highest BCUT2D eigenvalue weighted by atomic mass is 16.5. The number of benzene rings is 3. The van der Waals surface area contributed by atoms with Crippen molar-refractivity contribution in [2.75, 3.05) is 18.1 Å². The van der Waals surface area contributed by atoms with E-state index in [9.17, 15) is 14.4 Å². The van der Waals surface area contributed by atoms with Crippen LogP contribution in [0.15, 0.2) is 66.7 Å². The summed E-state index contributed by atoms with van der Waals surface area (Å²) in [5, 5.41) is 2.00. The van der Waals surface area contributed by atoms with Gasteiger partial charge in [0.15, 0.2) is 12.4 Å². The molecule has 146 valence electrons. The average molecular weight is 387 g/mol. The van der Waals surface area contributed by atoms with Crippen LogP contribution in [0.1, 0.15) is 22.3 Å². The molecule has 1 amide bonds.